The number of benzene rings is 2. The van der Waals surface area contributed by atoms with Crippen LogP contribution in [0.4, 0.5) is 0 Å². The minimum atomic E-state index is -0.714. The maximum absolute atomic E-state index is 12.2. The van der Waals surface area contributed by atoms with Crippen LogP contribution >= 0.6 is 11.3 Å². The number of methoxy groups -OCH3 is 1. The SMILES string of the molecule is COc1ccc(OC(C)C(=O)OCc2csc(-c3ccc(C)cc3)n2)cc1. The Labute approximate surface area is 162 Å². The quantitative estimate of drug-likeness (QED) is 0.557. The maximum atomic E-state index is 12.2. The van der Waals surface area contributed by atoms with Gasteiger partial charge in [-0.3, -0.25) is 0 Å². The first-order valence-electron chi connectivity index (χ1n) is 8.54. The summed E-state index contributed by atoms with van der Waals surface area (Å²) in [5, 5.41) is 2.81. The van der Waals surface area contributed by atoms with Crippen molar-refractivity contribution in [2.75, 3.05) is 7.11 Å². The fourth-order valence-corrected chi connectivity index (χ4v) is 3.18. The number of thiazole rings is 1. The molecule has 0 N–H and O–H groups in total. The predicted octanol–water partition coefficient (Wildman–Crippen LogP) is 4.64. The molecule has 5 nitrogen and oxygen atoms in total. The topological polar surface area (TPSA) is 57.7 Å². The van der Waals surface area contributed by atoms with Gasteiger partial charge in [-0.05, 0) is 38.1 Å². The molecule has 1 unspecified atom stereocenters. The molecule has 0 spiro atoms. The zero-order valence-corrected chi connectivity index (χ0v) is 16.3. The zero-order chi connectivity index (χ0) is 19.2. The van der Waals surface area contributed by atoms with Crippen molar-refractivity contribution in [2.24, 2.45) is 0 Å². The summed E-state index contributed by atoms with van der Waals surface area (Å²) < 4.78 is 16.0. The van der Waals surface area contributed by atoms with Crippen molar-refractivity contribution < 1.29 is 19.0 Å². The minimum Gasteiger partial charge on any atom is -0.497 e. The van der Waals surface area contributed by atoms with Gasteiger partial charge in [0.15, 0.2) is 6.10 Å². The fourth-order valence-electron chi connectivity index (χ4n) is 2.37. The Balaban J connectivity index is 1.53. The third-order valence-corrected chi connectivity index (χ3v) is 4.86. The second-order valence-electron chi connectivity index (χ2n) is 6.05. The van der Waals surface area contributed by atoms with Crippen LogP contribution in [0, 0.1) is 6.92 Å². The highest BCUT2D eigenvalue weighted by Crippen LogP contribution is 2.24. The van der Waals surface area contributed by atoms with Gasteiger partial charge in [0.1, 0.15) is 23.1 Å². The van der Waals surface area contributed by atoms with Crippen molar-refractivity contribution in [3.8, 4) is 22.1 Å². The summed E-state index contributed by atoms with van der Waals surface area (Å²) in [6, 6.07) is 15.2. The van der Waals surface area contributed by atoms with Gasteiger partial charge in [-0.2, -0.15) is 0 Å². The molecule has 0 amide bonds. The number of rotatable bonds is 7. The highest BCUT2D eigenvalue weighted by atomic mass is 32.1. The van der Waals surface area contributed by atoms with Gasteiger partial charge < -0.3 is 14.2 Å². The minimum absolute atomic E-state index is 0.123. The highest BCUT2D eigenvalue weighted by molar-refractivity contribution is 7.13. The van der Waals surface area contributed by atoms with Crippen LogP contribution in [0.3, 0.4) is 0 Å². The molecular weight excluding hydrogens is 362 g/mol. The number of nitrogens with zero attached hydrogens (tertiary/aromatic N) is 1. The van der Waals surface area contributed by atoms with Crippen molar-refractivity contribution in [2.45, 2.75) is 26.6 Å². The third-order valence-electron chi connectivity index (χ3n) is 3.92. The summed E-state index contributed by atoms with van der Waals surface area (Å²) in [6.07, 6.45) is -0.714. The lowest BCUT2D eigenvalue weighted by Crippen LogP contribution is -2.26. The van der Waals surface area contributed by atoms with E-state index in [0.29, 0.717) is 5.75 Å². The van der Waals surface area contributed by atoms with Gasteiger partial charge in [0.05, 0.1) is 12.8 Å². The summed E-state index contributed by atoms with van der Waals surface area (Å²) in [7, 11) is 1.60. The Morgan fingerprint density at radius 3 is 2.41 bits per heavy atom. The molecule has 0 saturated heterocycles. The third kappa shape index (κ3) is 5.08. The van der Waals surface area contributed by atoms with Crippen LogP contribution in [-0.4, -0.2) is 24.2 Å². The van der Waals surface area contributed by atoms with Crippen LogP contribution in [0.5, 0.6) is 11.5 Å². The lowest BCUT2D eigenvalue weighted by atomic mass is 10.2. The first kappa shape index (κ1) is 18.9. The second-order valence-corrected chi connectivity index (χ2v) is 6.91. The predicted molar refractivity (Wildman–Crippen MR) is 105 cm³/mol. The smallest absolute Gasteiger partial charge is 0.347 e. The van der Waals surface area contributed by atoms with E-state index in [1.54, 1.807) is 38.3 Å². The summed E-state index contributed by atoms with van der Waals surface area (Å²) in [6.45, 7) is 3.83. The van der Waals surface area contributed by atoms with E-state index in [2.05, 4.69) is 17.1 Å². The molecule has 6 heteroatoms. The van der Waals surface area contributed by atoms with Gasteiger partial charge in [-0.25, -0.2) is 9.78 Å². The molecule has 0 saturated carbocycles. The van der Waals surface area contributed by atoms with Crippen LogP contribution in [0.15, 0.2) is 53.9 Å². The van der Waals surface area contributed by atoms with Gasteiger partial charge in [-0.15, -0.1) is 11.3 Å². The first-order chi connectivity index (χ1) is 13.0. The number of ether oxygens (including phenoxy) is 3. The average Bonchev–Trinajstić information content (AvgIpc) is 3.16. The van der Waals surface area contributed by atoms with E-state index in [1.807, 2.05) is 24.4 Å². The molecule has 0 aliphatic carbocycles. The van der Waals surface area contributed by atoms with Gasteiger partial charge in [0, 0.05) is 10.9 Å². The van der Waals surface area contributed by atoms with Gasteiger partial charge >= 0.3 is 5.97 Å². The number of carbonyl (C=O) groups excluding carboxylic acids is 1. The summed E-state index contributed by atoms with van der Waals surface area (Å²) in [4.78, 5) is 16.7. The molecule has 1 heterocycles. The molecule has 0 fully saturated rings. The maximum Gasteiger partial charge on any atom is 0.347 e. The summed E-state index contributed by atoms with van der Waals surface area (Å²) >= 11 is 1.53. The molecule has 0 radical (unpaired) electrons. The van der Waals surface area contributed by atoms with Crippen LogP contribution in [-0.2, 0) is 16.1 Å². The summed E-state index contributed by atoms with van der Waals surface area (Å²) in [5.41, 5.74) is 2.98. The molecule has 27 heavy (non-hydrogen) atoms. The van der Waals surface area contributed by atoms with Gasteiger partial charge in [0.2, 0.25) is 0 Å². The van der Waals surface area contributed by atoms with E-state index >= 15 is 0 Å². The Kier molecular flexibility index (Phi) is 6.08. The van der Waals surface area contributed by atoms with Crippen LogP contribution in [0.2, 0.25) is 0 Å². The fraction of sp³-hybridized carbons (Fsp3) is 0.238. The lowest BCUT2D eigenvalue weighted by Gasteiger charge is -2.13. The molecule has 3 aromatic rings. The number of carbonyl (C=O) groups is 1. The molecule has 1 aromatic heterocycles. The molecule has 0 aliphatic heterocycles. The van der Waals surface area contributed by atoms with Crippen LogP contribution < -0.4 is 9.47 Å². The number of aromatic nitrogens is 1. The molecule has 0 bridgehead atoms. The van der Waals surface area contributed by atoms with E-state index in [9.17, 15) is 4.79 Å². The molecular formula is C21H21NO4S. The second kappa shape index (κ2) is 8.68. The van der Waals surface area contributed by atoms with E-state index in [-0.39, 0.29) is 6.61 Å². The molecule has 1 atom stereocenters. The first-order valence-corrected chi connectivity index (χ1v) is 9.42. The van der Waals surface area contributed by atoms with Crippen molar-refractivity contribution in [3.05, 3.63) is 65.2 Å². The van der Waals surface area contributed by atoms with Gasteiger partial charge in [-0.1, -0.05) is 29.8 Å². The average molecular weight is 383 g/mol. The lowest BCUT2D eigenvalue weighted by molar-refractivity contribution is -0.152. The zero-order valence-electron chi connectivity index (χ0n) is 15.5. The van der Waals surface area contributed by atoms with Crippen molar-refractivity contribution in [3.63, 3.8) is 0 Å². The van der Waals surface area contributed by atoms with E-state index in [4.69, 9.17) is 14.2 Å². The van der Waals surface area contributed by atoms with E-state index < -0.39 is 12.1 Å². The van der Waals surface area contributed by atoms with E-state index in [0.717, 1.165) is 22.0 Å². The normalized spacial score (nSPS) is 11.7. The number of aryl methyl sites for hydroxylation is 1. The largest absolute Gasteiger partial charge is 0.497 e. The Morgan fingerprint density at radius 1 is 1.07 bits per heavy atom. The van der Waals surface area contributed by atoms with Crippen molar-refractivity contribution >= 4 is 17.3 Å². The van der Waals surface area contributed by atoms with Crippen molar-refractivity contribution in [1.82, 2.24) is 4.98 Å². The molecule has 2 aromatic carbocycles. The monoisotopic (exact) mass is 383 g/mol. The Morgan fingerprint density at radius 2 is 1.74 bits per heavy atom. The van der Waals surface area contributed by atoms with Crippen molar-refractivity contribution in [1.29, 1.82) is 0 Å². The number of hydrogen-bond acceptors (Lipinski definition) is 6. The van der Waals surface area contributed by atoms with E-state index in [1.165, 1.54) is 16.9 Å². The Hall–Kier alpha value is -2.86. The summed E-state index contributed by atoms with van der Waals surface area (Å²) in [5.74, 6) is 0.872. The van der Waals surface area contributed by atoms with Crippen LogP contribution in [0.1, 0.15) is 18.2 Å². The number of hydrogen-bond donors (Lipinski definition) is 0. The highest BCUT2D eigenvalue weighted by Gasteiger charge is 2.17. The van der Waals surface area contributed by atoms with Gasteiger partial charge in [0.25, 0.3) is 0 Å². The molecule has 3 rings (SSSR count). The Bertz CT molecular complexity index is 887. The number of esters is 1. The van der Waals surface area contributed by atoms with Crippen LogP contribution in [0.25, 0.3) is 10.6 Å². The molecule has 0 aliphatic rings. The standard InChI is InChI=1S/C21H21NO4S/c1-14-4-6-16(7-5-14)20-22-17(13-27-20)12-25-21(23)15(2)26-19-10-8-18(24-3)9-11-19/h4-11,13,15H,12H2,1-3H3. The molecule has 140 valence electrons.